The Labute approximate surface area is 198 Å². The van der Waals surface area contributed by atoms with Crippen molar-refractivity contribution >= 4 is 34.2 Å². The fourth-order valence-electron chi connectivity index (χ4n) is 4.48. The number of H-pyrrole nitrogens is 1. The molecule has 2 heterocycles. The van der Waals surface area contributed by atoms with Gasteiger partial charge in [0.15, 0.2) is 0 Å². The molecule has 0 unspecified atom stereocenters. The van der Waals surface area contributed by atoms with Crippen molar-refractivity contribution in [1.29, 1.82) is 0 Å². The fourth-order valence-corrected chi connectivity index (χ4v) is 4.48. The zero-order valence-corrected chi connectivity index (χ0v) is 19.9. The molecule has 3 aromatic rings. The van der Waals surface area contributed by atoms with E-state index in [4.69, 9.17) is 14.2 Å². The third-order valence-electron chi connectivity index (χ3n) is 6.14. The number of amides is 1. The first-order valence-corrected chi connectivity index (χ1v) is 11.1. The smallest absolute Gasteiger partial charge is 0.356 e. The summed E-state index contributed by atoms with van der Waals surface area (Å²) in [6.45, 7) is 4.64. The van der Waals surface area contributed by atoms with E-state index in [2.05, 4.69) is 39.2 Å². The van der Waals surface area contributed by atoms with Crippen LogP contribution in [0.25, 0.3) is 10.9 Å². The van der Waals surface area contributed by atoms with E-state index < -0.39 is 5.97 Å². The van der Waals surface area contributed by atoms with Gasteiger partial charge >= 0.3 is 5.97 Å². The number of nitrogens with one attached hydrogen (secondary N) is 2. The highest BCUT2D eigenvalue weighted by Crippen LogP contribution is 2.35. The third-order valence-corrected chi connectivity index (χ3v) is 6.14. The van der Waals surface area contributed by atoms with Gasteiger partial charge in [-0.1, -0.05) is 6.07 Å². The van der Waals surface area contributed by atoms with Gasteiger partial charge in [-0.25, -0.2) is 4.79 Å². The molecule has 180 valence electrons. The number of anilines is 2. The highest BCUT2D eigenvalue weighted by molar-refractivity contribution is 6.13. The predicted octanol–water partition coefficient (Wildman–Crippen LogP) is 3.12. The van der Waals surface area contributed by atoms with E-state index in [0.29, 0.717) is 22.3 Å². The van der Waals surface area contributed by atoms with E-state index in [0.717, 1.165) is 31.1 Å². The largest absolute Gasteiger partial charge is 0.497 e. The molecule has 2 N–H and O–H groups in total. The minimum atomic E-state index is -0.560. The van der Waals surface area contributed by atoms with Gasteiger partial charge in [0, 0.05) is 31.4 Å². The normalized spacial score (nSPS) is 16.4. The number of carbonyl (C=O) groups excluding carboxylic acids is 2. The third kappa shape index (κ3) is 4.65. The van der Waals surface area contributed by atoms with Crippen LogP contribution < -0.4 is 19.7 Å². The highest BCUT2D eigenvalue weighted by atomic mass is 16.5. The van der Waals surface area contributed by atoms with Crippen molar-refractivity contribution in [3.63, 3.8) is 0 Å². The van der Waals surface area contributed by atoms with Gasteiger partial charge in [0.2, 0.25) is 5.91 Å². The number of ether oxygens (including phenoxy) is 3. The van der Waals surface area contributed by atoms with Crippen molar-refractivity contribution in [3.8, 4) is 11.5 Å². The lowest BCUT2D eigenvalue weighted by Crippen LogP contribution is -2.53. The minimum Gasteiger partial charge on any atom is -0.497 e. The zero-order chi connectivity index (χ0) is 24.2. The highest BCUT2D eigenvalue weighted by Gasteiger charge is 2.27. The lowest BCUT2D eigenvalue weighted by atomic mass is 10.1. The van der Waals surface area contributed by atoms with Crippen molar-refractivity contribution in [3.05, 3.63) is 48.2 Å². The number of aromatic nitrogens is 1. The van der Waals surface area contributed by atoms with Crippen molar-refractivity contribution in [2.45, 2.75) is 13.0 Å². The summed E-state index contributed by atoms with van der Waals surface area (Å²) in [5, 5.41) is 3.56. The first-order valence-electron chi connectivity index (χ1n) is 11.1. The van der Waals surface area contributed by atoms with E-state index in [1.807, 2.05) is 24.3 Å². The molecule has 0 spiro atoms. The number of esters is 1. The molecule has 2 aromatic carbocycles. The molecule has 1 aromatic heterocycles. The number of fused-ring (bicyclic) bond motifs is 1. The molecular weight excluding hydrogens is 436 g/mol. The Morgan fingerprint density at radius 1 is 1.06 bits per heavy atom. The second-order valence-electron chi connectivity index (χ2n) is 8.27. The monoisotopic (exact) mass is 466 g/mol. The summed E-state index contributed by atoms with van der Waals surface area (Å²) in [5.74, 6) is 0.616. The maximum absolute atomic E-state index is 13.0. The summed E-state index contributed by atoms with van der Waals surface area (Å²) < 4.78 is 15.6. The number of hydrogen-bond donors (Lipinski definition) is 2. The Morgan fingerprint density at radius 2 is 1.82 bits per heavy atom. The minimum absolute atomic E-state index is 0.188. The molecule has 0 radical (unpaired) electrons. The molecule has 9 nitrogen and oxygen atoms in total. The molecule has 0 bridgehead atoms. The molecule has 9 heteroatoms. The molecule has 1 aliphatic rings. The lowest BCUT2D eigenvalue weighted by Gasteiger charge is -2.41. The number of hydrogen-bond acceptors (Lipinski definition) is 7. The number of piperazine rings is 1. The van der Waals surface area contributed by atoms with Gasteiger partial charge in [-0.15, -0.1) is 0 Å². The van der Waals surface area contributed by atoms with Gasteiger partial charge in [0.1, 0.15) is 17.2 Å². The van der Waals surface area contributed by atoms with Gasteiger partial charge in [0.05, 0.1) is 44.5 Å². The fraction of sp³-hybridized carbons (Fsp3) is 0.360. The summed E-state index contributed by atoms with van der Waals surface area (Å²) >= 11 is 0. The summed E-state index contributed by atoms with van der Waals surface area (Å²) in [6, 6.07) is 13.7. The van der Waals surface area contributed by atoms with Gasteiger partial charge < -0.3 is 29.4 Å². The first kappa shape index (κ1) is 23.4. The van der Waals surface area contributed by atoms with Gasteiger partial charge in [-0.3, -0.25) is 9.69 Å². The molecule has 1 fully saturated rings. The number of benzene rings is 2. The molecule has 0 saturated carbocycles. The van der Waals surface area contributed by atoms with Gasteiger partial charge in [0.25, 0.3) is 0 Å². The number of rotatable bonds is 7. The van der Waals surface area contributed by atoms with Crippen molar-refractivity contribution < 1.29 is 23.8 Å². The van der Waals surface area contributed by atoms with Crippen LogP contribution in [-0.2, 0) is 9.53 Å². The summed E-state index contributed by atoms with van der Waals surface area (Å²) in [7, 11) is 4.51. The second kappa shape index (κ2) is 10.0. The van der Waals surface area contributed by atoms with Crippen molar-refractivity contribution in [2.75, 3.05) is 57.7 Å². The van der Waals surface area contributed by atoms with Crippen LogP contribution >= 0.6 is 0 Å². The van der Waals surface area contributed by atoms with E-state index >= 15 is 0 Å². The molecule has 1 amide bonds. The maximum Gasteiger partial charge on any atom is 0.356 e. The van der Waals surface area contributed by atoms with Gasteiger partial charge in [-0.05, 0) is 43.3 Å². The number of carbonyl (C=O) groups is 2. The van der Waals surface area contributed by atoms with E-state index in [9.17, 15) is 9.59 Å². The molecule has 34 heavy (non-hydrogen) atoms. The van der Waals surface area contributed by atoms with Crippen LogP contribution in [0.3, 0.4) is 0 Å². The van der Waals surface area contributed by atoms with Crippen molar-refractivity contribution in [2.24, 2.45) is 0 Å². The van der Waals surface area contributed by atoms with Crippen LogP contribution in [0, 0.1) is 0 Å². The number of nitrogens with zero attached hydrogens (tertiary/aromatic N) is 2. The lowest BCUT2D eigenvalue weighted by molar-refractivity contribution is -0.117. The Hall–Kier alpha value is -3.72. The van der Waals surface area contributed by atoms with E-state index in [1.54, 1.807) is 20.3 Å². The van der Waals surface area contributed by atoms with Crippen LogP contribution in [0.4, 0.5) is 11.4 Å². The number of methoxy groups -OCH3 is 3. The topological polar surface area (TPSA) is 96.1 Å². The SMILES string of the molecule is COC(=O)c1[nH]c2cccc(OC)c2c1NC(=O)CN1CCN(c2ccc(OC)cc2)[C@@H](C)C1. The first-order chi connectivity index (χ1) is 16.4. The van der Waals surface area contributed by atoms with Crippen LogP contribution in [0.1, 0.15) is 17.4 Å². The molecular formula is C25H30N4O5. The standard InChI is InChI=1S/C25H30N4O5/c1-16-14-28(12-13-29(16)17-8-10-18(32-2)11-9-17)15-21(30)27-23-22-19(6-5-7-20(22)33-3)26-24(23)25(31)34-4/h5-11,16,26H,12-15H2,1-4H3,(H,27,30)/t16-/m0/s1. The Bertz CT molecular complexity index is 1170. The van der Waals surface area contributed by atoms with Crippen LogP contribution in [0.2, 0.25) is 0 Å². The predicted molar refractivity (Wildman–Crippen MR) is 131 cm³/mol. The molecule has 1 saturated heterocycles. The van der Waals surface area contributed by atoms with Crippen LogP contribution in [0.15, 0.2) is 42.5 Å². The summed E-state index contributed by atoms with van der Waals surface area (Å²) in [4.78, 5) is 32.9. The number of aromatic amines is 1. The maximum atomic E-state index is 13.0. The van der Waals surface area contributed by atoms with E-state index in [-0.39, 0.29) is 24.2 Å². The Kier molecular flexibility index (Phi) is 6.93. The zero-order valence-electron chi connectivity index (χ0n) is 19.9. The molecule has 0 aliphatic carbocycles. The average Bonchev–Trinajstić information content (AvgIpc) is 3.22. The molecule has 1 aliphatic heterocycles. The van der Waals surface area contributed by atoms with Crippen LogP contribution in [-0.4, -0.2) is 75.3 Å². The van der Waals surface area contributed by atoms with Crippen LogP contribution in [0.5, 0.6) is 11.5 Å². The quantitative estimate of drug-likeness (QED) is 0.517. The Morgan fingerprint density at radius 3 is 2.47 bits per heavy atom. The summed E-state index contributed by atoms with van der Waals surface area (Å²) in [5.41, 5.74) is 2.37. The van der Waals surface area contributed by atoms with Gasteiger partial charge in [-0.2, -0.15) is 0 Å². The summed E-state index contributed by atoms with van der Waals surface area (Å²) in [6.07, 6.45) is 0. The van der Waals surface area contributed by atoms with Crippen molar-refractivity contribution in [1.82, 2.24) is 9.88 Å². The van der Waals surface area contributed by atoms with E-state index in [1.165, 1.54) is 7.11 Å². The Balaban J connectivity index is 1.46. The molecule has 4 rings (SSSR count). The average molecular weight is 467 g/mol. The molecule has 1 atom stereocenters. The second-order valence-corrected chi connectivity index (χ2v) is 8.27.